The van der Waals surface area contributed by atoms with Gasteiger partial charge in [0, 0.05) is 24.9 Å². The average molecular weight is 365 g/mol. The van der Waals surface area contributed by atoms with Gasteiger partial charge in [0.15, 0.2) is 6.61 Å². The lowest BCUT2D eigenvalue weighted by Gasteiger charge is -2.17. The summed E-state index contributed by atoms with van der Waals surface area (Å²) in [6.07, 6.45) is 0. The van der Waals surface area contributed by atoms with Crippen LogP contribution in [0.25, 0.3) is 0 Å². The summed E-state index contributed by atoms with van der Waals surface area (Å²) in [4.78, 5) is 23.6. The first-order valence-corrected chi connectivity index (χ1v) is 7.16. The molecule has 0 radical (unpaired) electrons. The van der Waals surface area contributed by atoms with Gasteiger partial charge in [-0.25, -0.2) is 0 Å². The van der Waals surface area contributed by atoms with Gasteiger partial charge in [-0.1, -0.05) is 12.1 Å². The lowest BCUT2D eigenvalue weighted by atomic mass is 10.2. The second-order valence-electron chi connectivity index (χ2n) is 4.45. The number of para-hydroxylation sites is 1. The van der Waals surface area contributed by atoms with Crippen LogP contribution in [0.3, 0.4) is 0 Å². The van der Waals surface area contributed by atoms with E-state index in [0.717, 1.165) is 4.47 Å². The zero-order valence-electron chi connectivity index (χ0n) is 11.7. The Morgan fingerprint density at radius 2 is 1.86 bits per heavy atom. The fourth-order valence-electron chi connectivity index (χ4n) is 1.74. The van der Waals surface area contributed by atoms with Gasteiger partial charge in [-0.3, -0.25) is 14.9 Å². The van der Waals surface area contributed by atoms with Crippen LogP contribution in [-0.4, -0.2) is 24.5 Å². The number of hydrogen-bond donors (Lipinski definition) is 0. The largest absolute Gasteiger partial charge is 0.483 e. The highest BCUT2D eigenvalue weighted by atomic mass is 79.9. The summed E-state index contributed by atoms with van der Waals surface area (Å²) in [5, 5.41) is 10.6. The van der Waals surface area contributed by atoms with Crippen molar-refractivity contribution in [3.8, 4) is 5.75 Å². The summed E-state index contributed by atoms with van der Waals surface area (Å²) in [5.41, 5.74) is 0.542. The van der Waals surface area contributed by atoms with Gasteiger partial charge in [0.05, 0.1) is 9.40 Å². The number of carbonyl (C=O) groups excluding carboxylic acids is 1. The minimum atomic E-state index is -0.484. The fourth-order valence-corrected chi connectivity index (χ4v) is 2.14. The van der Waals surface area contributed by atoms with Crippen molar-refractivity contribution in [3.05, 3.63) is 63.1 Å². The average Bonchev–Trinajstić information content (AvgIpc) is 2.53. The van der Waals surface area contributed by atoms with Gasteiger partial charge in [0.1, 0.15) is 5.75 Å². The number of amides is 1. The molecule has 0 N–H and O–H groups in total. The van der Waals surface area contributed by atoms with Crippen LogP contribution in [0.5, 0.6) is 5.75 Å². The van der Waals surface area contributed by atoms with Gasteiger partial charge in [0.25, 0.3) is 11.6 Å². The Balaban J connectivity index is 2.00. The van der Waals surface area contributed by atoms with Crippen molar-refractivity contribution in [3.63, 3.8) is 0 Å². The lowest BCUT2D eigenvalue weighted by Crippen LogP contribution is -2.31. The van der Waals surface area contributed by atoms with Crippen LogP contribution in [0.15, 0.2) is 53.0 Å². The molecule has 2 aromatic carbocycles. The van der Waals surface area contributed by atoms with E-state index >= 15 is 0 Å². The normalized spacial score (nSPS) is 10.1. The molecular weight excluding hydrogens is 352 g/mol. The van der Waals surface area contributed by atoms with Gasteiger partial charge in [0.2, 0.25) is 0 Å². The number of non-ortho nitro benzene ring substituents is 1. The third-order valence-corrected chi connectivity index (χ3v) is 3.66. The minimum absolute atomic E-state index is 0.0194. The Labute approximate surface area is 135 Å². The van der Waals surface area contributed by atoms with Crippen molar-refractivity contribution >= 4 is 33.2 Å². The molecule has 0 aliphatic heterocycles. The van der Waals surface area contributed by atoms with E-state index in [1.54, 1.807) is 13.1 Å². The van der Waals surface area contributed by atoms with Crippen LogP contribution in [0.2, 0.25) is 0 Å². The SMILES string of the molecule is CN(C(=O)COc1ccccc1Br)c1ccc([N+](=O)[O-])cc1. The van der Waals surface area contributed by atoms with E-state index in [4.69, 9.17) is 4.74 Å². The molecule has 7 heteroatoms. The summed E-state index contributed by atoms with van der Waals surface area (Å²) in [7, 11) is 1.59. The van der Waals surface area contributed by atoms with Crippen LogP contribution in [0.4, 0.5) is 11.4 Å². The Morgan fingerprint density at radius 1 is 1.23 bits per heavy atom. The smallest absolute Gasteiger partial charge is 0.269 e. The molecule has 1 amide bonds. The molecule has 0 saturated heterocycles. The van der Waals surface area contributed by atoms with Gasteiger partial charge < -0.3 is 9.64 Å². The summed E-state index contributed by atoms with van der Waals surface area (Å²) in [6.45, 7) is -0.129. The van der Waals surface area contributed by atoms with Crippen molar-refractivity contribution in [1.29, 1.82) is 0 Å². The molecule has 2 rings (SSSR count). The van der Waals surface area contributed by atoms with Gasteiger partial charge in [-0.05, 0) is 40.2 Å². The van der Waals surface area contributed by atoms with Crippen LogP contribution < -0.4 is 9.64 Å². The maximum absolute atomic E-state index is 12.1. The highest BCUT2D eigenvalue weighted by Gasteiger charge is 2.14. The molecule has 0 bridgehead atoms. The number of nitro groups is 1. The predicted molar refractivity (Wildman–Crippen MR) is 86.1 cm³/mol. The molecule has 6 nitrogen and oxygen atoms in total. The van der Waals surface area contributed by atoms with Gasteiger partial charge in [-0.15, -0.1) is 0 Å². The van der Waals surface area contributed by atoms with Crippen molar-refractivity contribution in [2.75, 3.05) is 18.6 Å². The molecule has 0 aromatic heterocycles. The molecular formula is C15H13BrN2O4. The van der Waals surface area contributed by atoms with Crippen molar-refractivity contribution in [2.24, 2.45) is 0 Å². The van der Waals surface area contributed by atoms with E-state index in [-0.39, 0.29) is 18.2 Å². The maximum Gasteiger partial charge on any atom is 0.269 e. The zero-order chi connectivity index (χ0) is 16.1. The number of nitrogens with zero attached hydrogens (tertiary/aromatic N) is 2. The third kappa shape index (κ3) is 3.82. The molecule has 0 aliphatic rings. The number of anilines is 1. The molecule has 0 saturated carbocycles. The predicted octanol–water partition coefficient (Wildman–Crippen LogP) is 3.40. The Hall–Kier alpha value is -2.41. The van der Waals surface area contributed by atoms with Crippen LogP contribution in [0.1, 0.15) is 0 Å². The molecule has 2 aromatic rings. The van der Waals surface area contributed by atoms with Crippen LogP contribution in [-0.2, 0) is 4.79 Å². The molecule has 0 spiro atoms. The summed E-state index contributed by atoms with van der Waals surface area (Å²) < 4.78 is 6.22. The Kier molecular flexibility index (Phi) is 5.11. The number of benzene rings is 2. The highest BCUT2D eigenvalue weighted by Crippen LogP contribution is 2.24. The van der Waals surface area contributed by atoms with Gasteiger partial charge >= 0.3 is 0 Å². The van der Waals surface area contributed by atoms with E-state index in [2.05, 4.69) is 15.9 Å². The monoisotopic (exact) mass is 364 g/mol. The van der Waals surface area contributed by atoms with E-state index in [0.29, 0.717) is 11.4 Å². The first kappa shape index (κ1) is 16.0. The number of carbonyl (C=O) groups is 1. The quantitative estimate of drug-likeness (QED) is 0.601. The van der Waals surface area contributed by atoms with Crippen molar-refractivity contribution < 1.29 is 14.5 Å². The molecule has 114 valence electrons. The number of rotatable bonds is 5. The molecule has 0 atom stereocenters. The molecule has 0 unspecified atom stereocenters. The van der Waals surface area contributed by atoms with Crippen LogP contribution in [0, 0.1) is 10.1 Å². The Morgan fingerprint density at radius 3 is 2.45 bits per heavy atom. The second-order valence-corrected chi connectivity index (χ2v) is 5.30. The number of nitro benzene ring substituents is 1. The first-order chi connectivity index (χ1) is 10.5. The van der Waals surface area contributed by atoms with Crippen LogP contribution >= 0.6 is 15.9 Å². The highest BCUT2D eigenvalue weighted by molar-refractivity contribution is 9.10. The lowest BCUT2D eigenvalue weighted by molar-refractivity contribution is -0.384. The minimum Gasteiger partial charge on any atom is -0.483 e. The van der Waals surface area contributed by atoms with Crippen molar-refractivity contribution in [2.45, 2.75) is 0 Å². The zero-order valence-corrected chi connectivity index (χ0v) is 13.3. The van der Waals surface area contributed by atoms with E-state index in [9.17, 15) is 14.9 Å². The number of hydrogen-bond acceptors (Lipinski definition) is 4. The molecule has 0 aliphatic carbocycles. The molecule has 22 heavy (non-hydrogen) atoms. The van der Waals surface area contributed by atoms with Crippen molar-refractivity contribution in [1.82, 2.24) is 0 Å². The summed E-state index contributed by atoms with van der Waals surface area (Å²) in [5.74, 6) is 0.317. The number of halogens is 1. The van der Waals surface area contributed by atoms with E-state index < -0.39 is 4.92 Å². The number of likely N-dealkylation sites (N-methyl/N-ethyl adjacent to an activating group) is 1. The second kappa shape index (κ2) is 7.04. The summed E-state index contributed by atoms with van der Waals surface area (Å²) >= 11 is 3.34. The standard InChI is InChI=1S/C15H13BrN2O4/c1-17(11-6-8-12(9-7-11)18(20)21)15(19)10-22-14-5-3-2-4-13(14)16/h2-9H,10H2,1H3. The Bertz CT molecular complexity index is 688. The topological polar surface area (TPSA) is 72.7 Å². The molecule has 0 heterocycles. The number of ether oxygens (including phenoxy) is 1. The van der Waals surface area contributed by atoms with E-state index in [1.807, 2.05) is 18.2 Å². The fraction of sp³-hybridized carbons (Fsp3) is 0.133. The van der Waals surface area contributed by atoms with E-state index in [1.165, 1.54) is 29.2 Å². The van der Waals surface area contributed by atoms with Gasteiger partial charge in [-0.2, -0.15) is 0 Å². The molecule has 0 fully saturated rings. The third-order valence-electron chi connectivity index (χ3n) is 3.01. The first-order valence-electron chi connectivity index (χ1n) is 6.37. The maximum atomic E-state index is 12.1. The summed E-state index contributed by atoms with van der Waals surface area (Å²) in [6, 6.07) is 13.0.